The molecule has 0 amide bonds. The molecule has 1 unspecified atom stereocenters. The Kier molecular flexibility index (Phi) is 3.58. The summed E-state index contributed by atoms with van der Waals surface area (Å²) in [5.74, 6) is 0.168. The van der Waals surface area contributed by atoms with Crippen LogP contribution in [-0.2, 0) is 0 Å². The van der Waals surface area contributed by atoms with Crippen molar-refractivity contribution >= 4 is 5.82 Å². The van der Waals surface area contributed by atoms with Crippen LogP contribution in [0.5, 0.6) is 0 Å². The molecule has 0 radical (unpaired) electrons. The van der Waals surface area contributed by atoms with Crippen LogP contribution in [0.4, 0.5) is 10.2 Å². The van der Waals surface area contributed by atoms with E-state index in [2.05, 4.69) is 10.3 Å². The largest absolute Gasteiger partial charge is 0.383 e. The Balaban J connectivity index is 2.52. The third kappa shape index (κ3) is 2.33. The van der Waals surface area contributed by atoms with Crippen LogP contribution in [0.1, 0.15) is 22.7 Å². The molecule has 0 aliphatic rings. The topological polar surface area (TPSA) is 50.9 Å². The van der Waals surface area contributed by atoms with Gasteiger partial charge in [-0.2, -0.15) is 0 Å². The zero-order valence-corrected chi connectivity index (χ0v) is 10.4. The predicted molar refractivity (Wildman–Crippen MR) is 70.7 cm³/mol. The number of rotatable bonds is 3. The Labute approximate surface area is 106 Å². The molecular weight excluding hydrogens is 229 g/mol. The van der Waals surface area contributed by atoms with Crippen molar-refractivity contribution in [3.63, 3.8) is 0 Å². The highest BCUT2D eigenvalue weighted by atomic mass is 19.1. The van der Waals surface area contributed by atoms with E-state index in [0.29, 0.717) is 11.4 Å². The highest BCUT2D eigenvalue weighted by Gasteiger charge is 2.18. The molecule has 0 saturated carbocycles. The predicted octanol–water partition coefficient (Wildman–Crippen LogP) is 2.42. The third-order valence-electron chi connectivity index (χ3n) is 2.90. The maximum atomic E-state index is 13.8. The number of anilines is 1. The summed E-state index contributed by atoms with van der Waals surface area (Å²) in [5.41, 5.74) is 8.24. The number of aryl methyl sites for hydroxylation is 1. The number of nitrogens with two attached hydrogens (primary N) is 1. The summed E-state index contributed by atoms with van der Waals surface area (Å²) in [6.07, 6.45) is 1.70. The number of nitrogens with zero attached hydrogens (tertiary/aromatic N) is 1. The monoisotopic (exact) mass is 245 g/mol. The van der Waals surface area contributed by atoms with Crippen molar-refractivity contribution in [2.24, 2.45) is 0 Å². The average molecular weight is 245 g/mol. The Bertz CT molecular complexity index is 554. The van der Waals surface area contributed by atoms with Crippen LogP contribution >= 0.6 is 0 Å². The second-order valence-corrected chi connectivity index (χ2v) is 4.23. The molecule has 0 aliphatic carbocycles. The van der Waals surface area contributed by atoms with E-state index in [0.717, 1.165) is 11.1 Å². The summed E-state index contributed by atoms with van der Waals surface area (Å²) in [6, 6.07) is 8.30. The van der Waals surface area contributed by atoms with E-state index in [1.807, 2.05) is 19.1 Å². The van der Waals surface area contributed by atoms with Gasteiger partial charge in [-0.1, -0.05) is 18.2 Å². The fourth-order valence-electron chi connectivity index (χ4n) is 2.02. The lowest BCUT2D eigenvalue weighted by Crippen LogP contribution is -2.20. The Morgan fingerprint density at radius 2 is 2.00 bits per heavy atom. The first kappa shape index (κ1) is 12.5. The van der Waals surface area contributed by atoms with Crippen LogP contribution in [0.2, 0.25) is 0 Å². The summed E-state index contributed by atoms with van der Waals surface area (Å²) < 4.78 is 13.8. The summed E-state index contributed by atoms with van der Waals surface area (Å²) in [6.45, 7) is 1.93. The first-order chi connectivity index (χ1) is 8.63. The Morgan fingerprint density at radius 1 is 1.28 bits per heavy atom. The van der Waals surface area contributed by atoms with Crippen LogP contribution in [0.25, 0.3) is 0 Å². The van der Waals surface area contributed by atoms with E-state index in [9.17, 15) is 4.39 Å². The second kappa shape index (κ2) is 5.14. The van der Waals surface area contributed by atoms with Gasteiger partial charge in [-0.3, -0.25) is 0 Å². The molecule has 3 N–H and O–H groups in total. The van der Waals surface area contributed by atoms with Crippen molar-refractivity contribution in [1.29, 1.82) is 0 Å². The van der Waals surface area contributed by atoms with Gasteiger partial charge in [-0.15, -0.1) is 0 Å². The molecule has 0 saturated heterocycles. The third-order valence-corrected chi connectivity index (χ3v) is 2.90. The summed E-state index contributed by atoms with van der Waals surface area (Å²) >= 11 is 0. The molecule has 0 bridgehead atoms. The van der Waals surface area contributed by atoms with E-state index in [1.165, 1.54) is 6.07 Å². The quantitative estimate of drug-likeness (QED) is 0.873. The minimum absolute atomic E-state index is 0.252. The molecule has 1 heterocycles. The Morgan fingerprint density at radius 3 is 2.67 bits per heavy atom. The number of hydrogen-bond donors (Lipinski definition) is 2. The van der Waals surface area contributed by atoms with Crippen LogP contribution in [0, 0.1) is 12.7 Å². The van der Waals surface area contributed by atoms with Crippen molar-refractivity contribution in [3.8, 4) is 0 Å². The molecule has 1 aromatic carbocycles. The molecule has 1 aromatic heterocycles. The fraction of sp³-hybridized carbons (Fsp3) is 0.214. The van der Waals surface area contributed by atoms with Gasteiger partial charge in [0.1, 0.15) is 11.6 Å². The number of benzene rings is 1. The molecule has 18 heavy (non-hydrogen) atoms. The van der Waals surface area contributed by atoms with Gasteiger partial charge in [0.2, 0.25) is 0 Å². The lowest BCUT2D eigenvalue weighted by Gasteiger charge is -2.19. The summed E-state index contributed by atoms with van der Waals surface area (Å²) in [5, 5.41) is 3.08. The van der Waals surface area contributed by atoms with Gasteiger partial charge < -0.3 is 11.1 Å². The smallest absolute Gasteiger partial charge is 0.128 e. The molecule has 2 rings (SSSR count). The fourth-order valence-corrected chi connectivity index (χ4v) is 2.02. The number of pyridine rings is 1. The number of hydrogen-bond acceptors (Lipinski definition) is 3. The van der Waals surface area contributed by atoms with Crippen LogP contribution < -0.4 is 11.1 Å². The number of aromatic nitrogens is 1. The molecule has 3 nitrogen and oxygen atoms in total. The highest BCUT2D eigenvalue weighted by molar-refractivity contribution is 5.47. The van der Waals surface area contributed by atoms with E-state index >= 15 is 0 Å². The lowest BCUT2D eigenvalue weighted by molar-refractivity contribution is 0.576. The molecule has 0 fully saturated rings. The van der Waals surface area contributed by atoms with Crippen LogP contribution in [0.3, 0.4) is 0 Å². The second-order valence-electron chi connectivity index (χ2n) is 4.23. The van der Waals surface area contributed by atoms with E-state index < -0.39 is 0 Å². The highest BCUT2D eigenvalue weighted by Crippen LogP contribution is 2.27. The standard InChI is InChI=1S/C14H16FN3/c1-9-7-11(14(16)18-8-9)13(17-2)10-5-3-4-6-12(10)15/h3-8,13,17H,1-2H3,(H2,16,18). The van der Waals surface area contributed by atoms with E-state index in [4.69, 9.17) is 5.73 Å². The van der Waals surface area contributed by atoms with Gasteiger partial charge in [0, 0.05) is 17.3 Å². The minimum Gasteiger partial charge on any atom is -0.383 e. The van der Waals surface area contributed by atoms with Gasteiger partial charge in [0.15, 0.2) is 0 Å². The van der Waals surface area contributed by atoms with Gasteiger partial charge in [0.25, 0.3) is 0 Å². The van der Waals surface area contributed by atoms with Gasteiger partial charge in [-0.05, 0) is 31.7 Å². The zero-order chi connectivity index (χ0) is 13.1. The normalized spacial score (nSPS) is 12.4. The van der Waals surface area contributed by atoms with Gasteiger partial charge >= 0.3 is 0 Å². The first-order valence-electron chi connectivity index (χ1n) is 5.77. The average Bonchev–Trinajstić information content (AvgIpc) is 2.36. The Hall–Kier alpha value is -1.94. The van der Waals surface area contributed by atoms with Gasteiger partial charge in [-0.25, -0.2) is 9.37 Å². The SMILES string of the molecule is CNC(c1ccccc1F)c1cc(C)cnc1N. The molecule has 4 heteroatoms. The number of nitrogen functional groups attached to an aromatic ring is 1. The van der Waals surface area contributed by atoms with Gasteiger partial charge in [0.05, 0.1) is 6.04 Å². The lowest BCUT2D eigenvalue weighted by atomic mass is 9.98. The van der Waals surface area contributed by atoms with Crippen molar-refractivity contribution < 1.29 is 4.39 Å². The first-order valence-corrected chi connectivity index (χ1v) is 5.77. The van der Waals surface area contributed by atoms with Crippen LogP contribution in [-0.4, -0.2) is 12.0 Å². The van der Waals surface area contributed by atoms with Crippen LogP contribution in [0.15, 0.2) is 36.5 Å². The number of nitrogens with one attached hydrogen (secondary N) is 1. The minimum atomic E-state index is -0.293. The molecule has 0 aliphatic heterocycles. The molecule has 0 spiro atoms. The van der Waals surface area contributed by atoms with Crippen molar-refractivity contribution in [2.45, 2.75) is 13.0 Å². The van der Waals surface area contributed by atoms with Crippen molar-refractivity contribution in [3.05, 3.63) is 59.0 Å². The van der Waals surface area contributed by atoms with Crippen molar-refractivity contribution in [2.75, 3.05) is 12.8 Å². The molecular formula is C14H16FN3. The number of halogens is 1. The van der Waals surface area contributed by atoms with Crippen molar-refractivity contribution in [1.82, 2.24) is 10.3 Å². The zero-order valence-electron chi connectivity index (χ0n) is 10.4. The van der Waals surface area contributed by atoms with E-state index in [-0.39, 0.29) is 11.9 Å². The maximum Gasteiger partial charge on any atom is 0.128 e. The van der Waals surface area contributed by atoms with E-state index in [1.54, 1.807) is 25.4 Å². The summed E-state index contributed by atoms with van der Waals surface area (Å²) in [7, 11) is 1.78. The molecule has 1 atom stereocenters. The summed E-state index contributed by atoms with van der Waals surface area (Å²) in [4.78, 5) is 4.12. The maximum absolute atomic E-state index is 13.8. The molecule has 2 aromatic rings. The molecule has 94 valence electrons.